The topological polar surface area (TPSA) is 35.2 Å². The van der Waals surface area contributed by atoms with Gasteiger partial charge in [-0.3, -0.25) is 0 Å². The van der Waals surface area contributed by atoms with Crippen LogP contribution in [0.4, 0.5) is 0 Å². The lowest BCUT2D eigenvalue weighted by atomic mass is 9.98. The van der Waals surface area contributed by atoms with E-state index in [2.05, 4.69) is 37.3 Å². The van der Waals surface area contributed by atoms with E-state index in [1.54, 1.807) is 7.11 Å². The number of methoxy groups -OCH3 is 1. The summed E-state index contributed by atoms with van der Waals surface area (Å²) in [4.78, 5) is 0. The van der Waals surface area contributed by atoms with Crippen molar-refractivity contribution in [2.75, 3.05) is 13.7 Å². The fourth-order valence-corrected chi connectivity index (χ4v) is 1.81. The van der Waals surface area contributed by atoms with Gasteiger partial charge in [-0.05, 0) is 40.9 Å². The van der Waals surface area contributed by atoms with Crippen LogP contribution in [0.5, 0.6) is 5.75 Å². The van der Waals surface area contributed by atoms with Gasteiger partial charge in [0.05, 0.1) is 7.11 Å². The summed E-state index contributed by atoms with van der Waals surface area (Å²) in [5.74, 6) is 1.29. The molecule has 0 amide bonds. The molecule has 2 aromatic carbocycles. The van der Waals surface area contributed by atoms with E-state index in [9.17, 15) is 0 Å². The zero-order chi connectivity index (χ0) is 11.5. The summed E-state index contributed by atoms with van der Waals surface area (Å²) in [7, 11) is 1.69. The Morgan fingerprint density at radius 2 is 1.88 bits per heavy atom. The number of rotatable bonds is 3. The Labute approximate surface area is 96.0 Å². The van der Waals surface area contributed by atoms with E-state index < -0.39 is 0 Å². The first-order valence-corrected chi connectivity index (χ1v) is 5.52. The minimum Gasteiger partial charge on any atom is -0.497 e. The van der Waals surface area contributed by atoms with E-state index in [1.807, 2.05) is 6.07 Å². The quantitative estimate of drug-likeness (QED) is 0.854. The summed E-state index contributed by atoms with van der Waals surface area (Å²) in [6.45, 7) is 2.82. The first-order valence-electron chi connectivity index (χ1n) is 5.52. The molecule has 0 aliphatic heterocycles. The Bertz CT molecular complexity index is 493. The molecule has 2 N–H and O–H groups in total. The molecular formula is C14H17NO. The lowest BCUT2D eigenvalue weighted by molar-refractivity contribution is 0.415. The Hall–Kier alpha value is -1.54. The van der Waals surface area contributed by atoms with Gasteiger partial charge in [-0.25, -0.2) is 0 Å². The second-order valence-electron chi connectivity index (χ2n) is 4.11. The normalized spacial score (nSPS) is 12.7. The predicted molar refractivity (Wildman–Crippen MR) is 68.0 cm³/mol. The van der Waals surface area contributed by atoms with Crippen LogP contribution in [0, 0.1) is 0 Å². The molecule has 0 fully saturated rings. The van der Waals surface area contributed by atoms with Gasteiger partial charge >= 0.3 is 0 Å². The number of benzene rings is 2. The van der Waals surface area contributed by atoms with Crippen LogP contribution in [0.3, 0.4) is 0 Å². The SMILES string of the molecule is COc1ccc2ccc(C(C)CN)cc2c1. The molecule has 0 aliphatic rings. The van der Waals surface area contributed by atoms with E-state index in [4.69, 9.17) is 10.5 Å². The van der Waals surface area contributed by atoms with Crippen molar-refractivity contribution in [3.05, 3.63) is 42.0 Å². The third kappa shape index (κ3) is 2.02. The van der Waals surface area contributed by atoms with Crippen LogP contribution in [-0.2, 0) is 0 Å². The molecule has 1 unspecified atom stereocenters. The molecule has 0 saturated heterocycles. The van der Waals surface area contributed by atoms with Crippen molar-refractivity contribution in [1.82, 2.24) is 0 Å². The highest BCUT2D eigenvalue weighted by molar-refractivity contribution is 5.84. The highest BCUT2D eigenvalue weighted by Gasteiger charge is 2.04. The van der Waals surface area contributed by atoms with Crippen LogP contribution in [0.25, 0.3) is 10.8 Å². The Morgan fingerprint density at radius 3 is 2.56 bits per heavy atom. The second-order valence-corrected chi connectivity index (χ2v) is 4.11. The lowest BCUT2D eigenvalue weighted by Gasteiger charge is -2.10. The maximum Gasteiger partial charge on any atom is 0.119 e. The molecule has 0 aliphatic carbocycles. The van der Waals surface area contributed by atoms with Crippen molar-refractivity contribution < 1.29 is 4.74 Å². The fraction of sp³-hybridized carbons (Fsp3) is 0.286. The van der Waals surface area contributed by atoms with Crippen molar-refractivity contribution in [3.8, 4) is 5.75 Å². The van der Waals surface area contributed by atoms with Gasteiger partial charge in [0, 0.05) is 0 Å². The van der Waals surface area contributed by atoms with E-state index >= 15 is 0 Å². The molecule has 2 nitrogen and oxygen atoms in total. The molecular weight excluding hydrogens is 198 g/mol. The third-order valence-electron chi connectivity index (χ3n) is 2.99. The average molecular weight is 215 g/mol. The molecule has 2 aromatic rings. The molecule has 2 rings (SSSR count). The number of hydrogen-bond donors (Lipinski definition) is 1. The molecule has 0 aromatic heterocycles. The highest BCUT2D eigenvalue weighted by Crippen LogP contribution is 2.24. The van der Waals surface area contributed by atoms with Crippen LogP contribution in [0.15, 0.2) is 36.4 Å². The zero-order valence-electron chi connectivity index (χ0n) is 9.73. The minimum atomic E-state index is 0.399. The van der Waals surface area contributed by atoms with Gasteiger partial charge in [-0.2, -0.15) is 0 Å². The molecule has 0 saturated carbocycles. The van der Waals surface area contributed by atoms with Crippen LogP contribution in [0.1, 0.15) is 18.4 Å². The molecule has 0 radical (unpaired) electrons. The van der Waals surface area contributed by atoms with Crippen molar-refractivity contribution in [2.24, 2.45) is 5.73 Å². The summed E-state index contributed by atoms with van der Waals surface area (Å²) in [6, 6.07) is 12.6. The average Bonchev–Trinajstić information content (AvgIpc) is 2.36. The van der Waals surface area contributed by atoms with Gasteiger partial charge in [0.25, 0.3) is 0 Å². The van der Waals surface area contributed by atoms with Crippen molar-refractivity contribution >= 4 is 10.8 Å². The van der Waals surface area contributed by atoms with Crippen molar-refractivity contribution in [2.45, 2.75) is 12.8 Å². The second kappa shape index (κ2) is 4.54. The smallest absolute Gasteiger partial charge is 0.119 e. The molecule has 0 spiro atoms. The van der Waals surface area contributed by atoms with E-state index in [0.717, 1.165) is 5.75 Å². The largest absolute Gasteiger partial charge is 0.497 e. The van der Waals surface area contributed by atoms with Gasteiger partial charge < -0.3 is 10.5 Å². The number of fused-ring (bicyclic) bond motifs is 1. The lowest BCUT2D eigenvalue weighted by Crippen LogP contribution is -2.08. The monoisotopic (exact) mass is 215 g/mol. The predicted octanol–water partition coefficient (Wildman–Crippen LogP) is 2.91. The van der Waals surface area contributed by atoms with Crippen LogP contribution in [-0.4, -0.2) is 13.7 Å². The fourth-order valence-electron chi connectivity index (χ4n) is 1.81. The van der Waals surface area contributed by atoms with Gasteiger partial charge in [-0.15, -0.1) is 0 Å². The maximum absolute atomic E-state index is 5.68. The molecule has 2 heteroatoms. The molecule has 84 valence electrons. The van der Waals surface area contributed by atoms with Crippen LogP contribution < -0.4 is 10.5 Å². The summed E-state index contributed by atoms with van der Waals surface area (Å²) in [6.07, 6.45) is 0. The van der Waals surface area contributed by atoms with Crippen LogP contribution in [0.2, 0.25) is 0 Å². The Balaban J connectivity index is 2.50. The summed E-state index contributed by atoms with van der Waals surface area (Å²) in [5, 5.41) is 2.44. The molecule has 16 heavy (non-hydrogen) atoms. The zero-order valence-corrected chi connectivity index (χ0v) is 9.73. The van der Waals surface area contributed by atoms with Crippen molar-refractivity contribution in [1.29, 1.82) is 0 Å². The summed E-state index contributed by atoms with van der Waals surface area (Å²) >= 11 is 0. The highest BCUT2D eigenvalue weighted by atomic mass is 16.5. The van der Waals surface area contributed by atoms with Gasteiger partial charge in [0.15, 0.2) is 0 Å². The summed E-state index contributed by atoms with van der Waals surface area (Å²) in [5.41, 5.74) is 6.96. The number of nitrogens with two attached hydrogens (primary N) is 1. The van der Waals surface area contributed by atoms with Crippen LogP contribution >= 0.6 is 0 Å². The van der Waals surface area contributed by atoms with E-state index in [0.29, 0.717) is 12.5 Å². The molecule has 0 heterocycles. The minimum absolute atomic E-state index is 0.399. The molecule has 0 bridgehead atoms. The van der Waals surface area contributed by atoms with E-state index in [-0.39, 0.29) is 0 Å². The molecule has 1 atom stereocenters. The third-order valence-corrected chi connectivity index (χ3v) is 2.99. The van der Waals surface area contributed by atoms with Crippen molar-refractivity contribution in [3.63, 3.8) is 0 Å². The number of hydrogen-bond acceptors (Lipinski definition) is 2. The Kier molecular flexibility index (Phi) is 3.11. The standard InChI is InChI=1S/C14H17NO/c1-10(9-15)12-4-3-11-5-6-14(16-2)8-13(11)7-12/h3-8,10H,9,15H2,1-2H3. The summed E-state index contributed by atoms with van der Waals surface area (Å²) < 4.78 is 5.22. The van der Waals surface area contributed by atoms with Gasteiger partial charge in [0.1, 0.15) is 5.75 Å². The van der Waals surface area contributed by atoms with Gasteiger partial charge in [0.2, 0.25) is 0 Å². The van der Waals surface area contributed by atoms with E-state index in [1.165, 1.54) is 16.3 Å². The first kappa shape index (κ1) is 11.0. The number of ether oxygens (including phenoxy) is 1. The Morgan fingerprint density at radius 1 is 1.12 bits per heavy atom. The first-order chi connectivity index (χ1) is 7.74. The van der Waals surface area contributed by atoms with Gasteiger partial charge in [-0.1, -0.05) is 31.2 Å². The maximum atomic E-state index is 5.68.